The summed E-state index contributed by atoms with van der Waals surface area (Å²) >= 11 is 0. The maximum atomic E-state index is 6.06. The fraction of sp³-hybridized carbons (Fsp3) is 0.611. The van der Waals surface area contributed by atoms with Crippen LogP contribution < -0.4 is 11.1 Å². The van der Waals surface area contributed by atoms with Crippen molar-refractivity contribution in [1.82, 2.24) is 4.90 Å². The Bertz CT molecular complexity index is 517. The van der Waals surface area contributed by atoms with Gasteiger partial charge in [0.25, 0.3) is 0 Å². The van der Waals surface area contributed by atoms with Gasteiger partial charge < -0.3 is 15.8 Å². The van der Waals surface area contributed by atoms with Crippen LogP contribution in [0, 0.1) is 0 Å². The lowest BCUT2D eigenvalue weighted by Crippen LogP contribution is -2.45. The fourth-order valence-electron chi connectivity index (χ4n) is 3.21. The first kappa shape index (κ1) is 17.8. The van der Waals surface area contributed by atoms with Crippen molar-refractivity contribution >= 4 is 11.6 Å². The monoisotopic (exact) mass is 318 g/mol. The van der Waals surface area contributed by atoms with Crippen LogP contribution in [0.15, 0.2) is 29.3 Å². The van der Waals surface area contributed by atoms with Crippen LogP contribution in [0.2, 0.25) is 0 Å². The Morgan fingerprint density at radius 1 is 1.43 bits per heavy atom. The number of benzene rings is 1. The summed E-state index contributed by atoms with van der Waals surface area (Å²) in [7, 11) is 1.69. The highest BCUT2D eigenvalue weighted by Gasteiger charge is 2.22. The molecule has 23 heavy (non-hydrogen) atoms. The quantitative estimate of drug-likeness (QED) is 0.625. The predicted octanol–water partition coefficient (Wildman–Crippen LogP) is 2.82. The van der Waals surface area contributed by atoms with Gasteiger partial charge in [-0.2, -0.15) is 0 Å². The third kappa shape index (κ3) is 5.22. The molecule has 0 radical (unpaired) electrons. The molecule has 0 aromatic heterocycles. The molecule has 128 valence electrons. The summed E-state index contributed by atoms with van der Waals surface area (Å²) in [6.45, 7) is 6.98. The van der Waals surface area contributed by atoms with Crippen LogP contribution in [0.4, 0.5) is 5.69 Å². The van der Waals surface area contributed by atoms with E-state index in [0.29, 0.717) is 24.7 Å². The second kappa shape index (κ2) is 8.89. The maximum absolute atomic E-state index is 6.06. The van der Waals surface area contributed by atoms with Crippen LogP contribution >= 0.6 is 0 Å². The number of nitrogens with zero attached hydrogens (tertiary/aromatic N) is 2. The van der Waals surface area contributed by atoms with Gasteiger partial charge >= 0.3 is 0 Å². The number of hydrogen-bond donors (Lipinski definition) is 2. The molecule has 1 heterocycles. The largest absolute Gasteiger partial charge is 0.380 e. The highest BCUT2D eigenvalue weighted by atomic mass is 16.5. The van der Waals surface area contributed by atoms with E-state index in [1.807, 2.05) is 24.3 Å². The maximum Gasteiger partial charge on any atom is 0.193 e. The number of guanidine groups is 1. The number of aliphatic imine (C=N–C) groups is 1. The number of hydrogen-bond acceptors (Lipinski definition) is 3. The SMILES string of the molecule is COCc1ccccc1NC(N)=NCC(C)N1CCCCC1C. The number of anilines is 1. The number of ether oxygens (including phenoxy) is 1. The van der Waals surface area contributed by atoms with E-state index in [0.717, 1.165) is 17.8 Å². The summed E-state index contributed by atoms with van der Waals surface area (Å²) in [6.07, 6.45) is 3.91. The molecule has 1 aliphatic rings. The molecule has 3 N–H and O–H groups in total. The standard InChI is InChI=1S/C18H30N4O/c1-14-8-6-7-11-22(14)15(2)12-20-18(19)21-17-10-5-4-9-16(17)13-23-3/h4-5,9-10,14-15H,6-8,11-13H2,1-3H3,(H3,19,20,21). The lowest BCUT2D eigenvalue weighted by molar-refractivity contribution is 0.118. The smallest absolute Gasteiger partial charge is 0.193 e. The molecule has 5 heteroatoms. The number of methoxy groups -OCH3 is 1. The van der Waals surface area contributed by atoms with Crippen LogP contribution in [-0.4, -0.2) is 43.1 Å². The average Bonchev–Trinajstić information content (AvgIpc) is 2.55. The Morgan fingerprint density at radius 3 is 2.96 bits per heavy atom. The summed E-state index contributed by atoms with van der Waals surface area (Å²) in [6, 6.07) is 9.05. The van der Waals surface area contributed by atoms with Gasteiger partial charge in [0.1, 0.15) is 0 Å². The van der Waals surface area contributed by atoms with E-state index >= 15 is 0 Å². The molecule has 2 atom stereocenters. The van der Waals surface area contributed by atoms with E-state index in [1.165, 1.54) is 25.8 Å². The molecule has 5 nitrogen and oxygen atoms in total. The third-order valence-electron chi connectivity index (χ3n) is 4.53. The average molecular weight is 318 g/mol. The molecule has 1 fully saturated rings. The van der Waals surface area contributed by atoms with Crippen LogP contribution in [-0.2, 0) is 11.3 Å². The number of para-hydroxylation sites is 1. The van der Waals surface area contributed by atoms with Crippen molar-refractivity contribution in [3.05, 3.63) is 29.8 Å². The molecule has 1 aromatic carbocycles. The van der Waals surface area contributed by atoms with Gasteiger partial charge in [0.15, 0.2) is 5.96 Å². The molecule has 0 aliphatic carbocycles. The zero-order chi connectivity index (χ0) is 16.7. The Kier molecular flexibility index (Phi) is 6.86. The Balaban J connectivity index is 1.92. The van der Waals surface area contributed by atoms with Gasteiger partial charge in [0.2, 0.25) is 0 Å². The normalized spacial score (nSPS) is 21.2. The fourth-order valence-corrected chi connectivity index (χ4v) is 3.21. The summed E-state index contributed by atoms with van der Waals surface area (Å²) < 4.78 is 5.21. The van der Waals surface area contributed by atoms with Crippen LogP contribution in [0.3, 0.4) is 0 Å². The first-order chi connectivity index (χ1) is 11.1. The van der Waals surface area contributed by atoms with Crippen LogP contribution in [0.5, 0.6) is 0 Å². The third-order valence-corrected chi connectivity index (χ3v) is 4.53. The number of piperidine rings is 1. The minimum absolute atomic E-state index is 0.417. The topological polar surface area (TPSA) is 62.9 Å². The molecule has 1 saturated heterocycles. The van der Waals surface area contributed by atoms with E-state index < -0.39 is 0 Å². The Labute approximate surface area is 139 Å². The first-order valence-electron chi connectivity index (χ1n) is 8.51. The van der Waals surface area contributed by atoms with Crippen molar-refractivity contribution in [3.8, 4) is 0 Å². The van der Waals surface area contributed by atoms with Gasteiger partial charge in [-0.1, -0.05) is 24.6 Å². The molecule has 2 unspecified atom stereocenters. The van der Waals surface area contributed by atoms with Crippen molar-refractivity contribution in [2.75, 3.05) is 25.5 Å². The van der Waals surface area contributed by atoms with Gasteiger partial charge in [-0.3, -0.25) is 9.89 Å². The number of nitrogens with one attached hydrogen (secondary N) is 1. The predicted molar refractivity (Wildman–Crippen MR) is 96.7 cm³/mol. The Morgan fingerprint density at radius 2 is 2.22 bits per heavy atom. The molecule has 0 spiro atoms. The molecule has 0 amide bonds. The molecule has 2 rings (SSSR count). The van der Waals surface area contributed by atoms with Gasteiger partial charge in [-0.15, -0.1) is 0 Å². The first-order valence-corrected chi connectivity index (χ1v) is 8.51. The van der Waals surface area contributed by atoms with Crippen molar-refractivity contribution in [3.63, 3.8) is 0 Å². The summed E-state index contributed by atoms with van der Waals surface area (Å²) in [5.41, 5.74) is 8.09. The molecule has 0 saturated carbocycles. The highest BCUT2D eigenvalue weighted by molar-refractivity contribution is 5.92. The van der Waals surface area contributed by atoms with Crippen LogP contribution in [0.25, 0.3) is 0 Å². The second-order valence-corrected chi connectivity index (χ2v) is 6.37. The van der Waals surface area contributed by atoms with Gasteiger partial charge in [-0.25, -0.2) is 0 Å². The minimum atomic E-state index is 0.417. The van der Waals surface area contributed by atoms with Gasteiger partial charge in [0.05, 0.1) is 13.2 Å². The van der Waals surface area contributed by atoms with E-state index in [4.69, 9.17) is 10.5 Å². The number of nitrogens with two attached hydrogens (primary N) is 1. The lowest BCUT2D eigenvalue weighted by Gasteiger charge is -2.37. The van der Waals surface area contributed by atoms with E-state index in [2.05, 4.69) is 29.1 Å². The van der Waals surface area contributed by atoms with Crippen molar-refractivity contribution < 1.29 is 4.74 Å². The zero-order valence-electron chi connectivity index (χ0n) is 14.6. The summed E-state index contributed by atoms with van der Waals surface area (Å²) in [4.78, 5) is 7.07. The molecule has 0 bridgehead atoms. The zero-order valence-corrected chi connectivity index (χ0v) is 14.6. The van der Waals surface area contributed by atoms with E-state index in [9.17, 15) is 0 Å². The lowest BCUT2D eigenvalue weighted by atomic mass is 10.0. The second-order valence-electron chi connectivity index (χ2n) is 6.37. The molecule has 1 aromatic rings. The minimum Gasteiger partial charge on any atom is -0.380 e. The Hall–Kier alpha value is -1.59. The summed E-state index contributed by atoms with van der Waals surface area (Å²) in [5.74, 6) is 0.463. The number of rotatable bonds is 6. The summed E-state index contributed by atoms with van der Waals surface area (Å²) in [5, 5.41) is 3.19. The highest BCUT2D eigenvalue weighted by Crippen LogP contribution is 2.19. The van der Waals surface area contributed by atoms with Crippen molar-refractivity contribution in [2.24, 2.45) is 10.7 Å². The number of likely N-dealkylation sites (tertiary alicyclic amines) is 1. The van der Waals surface area contributed by atoms with Crippen molar-refractivity contribution in [2.45, 2.75) is 51.8 Å². The van der Waals surface area contributed by atoms with Gasteiger partial charge in [0, 0.05) is 30.4 Å². The molecular weight excluding hydrogens is 288 g/mol. The van der Waals surface area contributed by atoms with E-state index in [-0.39, 0.29) is 0 Å². The van der Waals surface area contributed by atoms with Crippen LogP contribution in [0.1, 0.15) is 38.7 Å². The van der Waals surface area contributed by atoms with E-state index in [1.54, 1.807) is 7.11 Å². The molecular formula is C18H30N4O. The molecule has 1 aliphatic heterocycles. The van der Waals surface area contributed by atoms with Crippen molar-refractivity contribution in [1.29, 1.82) is 0 Å². The van der Waals surface area contributed by atoms with Gasteiger partial charge in [-0.05, 0) is 39.3 Å².